The normalized spacial score (nSPS) is 14.0. The summed E-state index contributed by atoms with van der Waals surface area (Å²) >= 11 is 4.73. The lowest BCUT2D eigenvalue weighted by Crippen LogP contribution is -2.38. The highest BCUT2D eigenvalue weighted by Gasteiger charge is 2.15. The Labute approximate surface area is 203 Å². The van der Waals surface area contributed by atoms with E-state index < -0.39 is 5.91 Å². The molecule has 1 aromatic carbocycles. The maximum atomic E-state index is 11.8. The Hall–Kier alpha value is -2.77. The summed E-state index contributed by atoms with van der Waals surface area (Å²) in [7, 11) is 0. The van der Waals surface area contributed by atoms with Crippen LogP contribution in [0.2, 0.25) is 0 Å². The van der Waals surface area contributed by atoms with E-state index in [-0.39, 0.29) is 0 Å². The van der Waals surface area contributed by atoms with Gasteiger partial charge < -0.3 is 20.1 Å². The smallest absolute Gasteiger partial charge is 0.277 e. The van der Waals surface area contributed by atoms with Gasteiger partial charge in [-0.15, -0.1) is 11.3 Å². The number of hydrogen-bond acceptors (Lipinski definition) is 10. The largest absolute Gasteiger partial charge is 0.492 e. The molecule has 0 bridgehead atoms. The molecule has 1 aliphatic heterocycles. The molecule has 0 radical (unpaired) electrons. The van der Waals surface area contributed by atoms with Gasteiger partial charge in [0, 0.05) is 31.5 Å². The van der Waals surface area contributed by atoms with Crippen molar-refractivity contribution >= 4 is 55.6 Å². The molecule has 0 saturated carbocycles. The van der Waals surface area contributed by atoms with E-state index in [4.69, 9.17) is 14.7 Å². The first-order valence-electron chi connectivity index (χ1n) is 10.2. The number of halogens is 1. The zero-order valence-corrected chi connectivity index (χ0v) is 20.0. The van der Waals surface area contributed by atoms with Crippen molar-refractivity contribution in [2.75, 3.05) is 50.1 Å². The SMILES string of the molecule is O=C(NO)c1ccsc1Nc1nc(Nc2ccc(OCCN3CCOCC3)cc2)ncc1Br. The first kappa shape index (κ1) is 23.4. The standard InChI is InChI=1S/C21H23BrN6O4S/c22-17-13-23-21(26-18(17)25-20-16(5-12-33-20)19(29)27-30)24-14-1-3-15(4-2-14)32-11-8-28-6-9-31-10-7-28/h1-5,12-13,30H,6-11H2,(H,27,29)(H2,23,24,25,26). The summed E-state index contributed by atoms with van der Waals surface area (Å²) in [6, 6.07) is 9.19. The number of morpholine rings is 1. The molecule has 2 aromatic heterocycles. The van der Waals surface area contributed by atoms with Gasteiger partial charge in [-0.1, -0.05) is 0 Å². The number of thiophene rings is 1. The number of hydroxylamine groups is 1. The van der Waals surface area contributed by atoms with Gasteiger partial charge >= 0.3 is 0 Å². The summed E-state index contributed by atoms with van der Waals surface area (Å²) in [4.78, 5) is 22.9. The number of amides is 1. The fourth-order valence-corrected chi connectivity index (χ4v) is 4.22. The molecule has 4 N–H and O–H groups in total. The number of aromatic nitrogens is 2. The summed E-state index contributed by atoms with van der Waals surface area (Å²) in [5.41, 5.74) is 2.76. The molecule has 33 heavy (non-hydrogen) atoms. The molecule has 3 aromatic rings. The van der Waals surface area contributed by atoms with Crippen molar-refractivity contribution < 1.29 is 19.5 Å². The minimum absolute atomic E-state index is 0.312. The van der Waals surface area contributed by atoms with E-state index in [1.165, 1.54) is 11.3 Å². The van der Waals surface area contributed by atoms with Gasteiger partial charge in [0.2, 0.25) is 5.95 Å². The second kappa shape index (κ2) is 11.4. The van der Waals surface area contributed by atoms with Gasteiger partial charge in [-0.3, -0.25) is 14.9 Å². The lowest BCUT2D eigenvalue weighted by atomic mass is 10.3. The summed E-state index contributed by atoms with van der Waals surface area (Å²) < 4.78 is 11.8. The molecule has 0 spiro atoms. The van der Waals surface area contributed by atoms with Crippen LogP contribution < -0.4 is 20.9 Å². The zero-order valence-electron chi connectivity index (χ0n) is 17.6. The second-order valence-electron chi connectivity index (χ2n) is 7.07. The van der Waals surface area contributed by atoms with E-state index in [1.54, 1.807) is 23.1 Å². The van der Waals surface area contributed by atoms with Crippen molar-refractivity contribution in [3.05, 3.63) is 51.9 Å². The fourth-order valence-electron chi connectivity index (χ4n) is 3.15. The summed E-state index contributed by atoms with van der Waals surface area (Å²) in [6.07, 6.45) is 1.61. The van der Waals surface area contributed by atoms with Crippen molar-refractivity contribution in [1.29, 1.82) is 0 Å². The van der Waals surface area contributed by atoms with Crippen LogP contribution in [-0.2, 0) is 4.74 Å². The van der Waals surface area contributed by atoms with Crippen molar-refractivity contribution in [3.8, 4) is 5.75 Å². The van der Waals surface area contributed by atoms with Gasteiger partial charge in [0.15, 0.2) is 5.82 Å². The van der Waals surface area contributed by atoms with Gasteiger partial charge in [0.05, 0.1) is 23.2 Å². The van der Waals surface area contributed by atoms with Gasteiger partial charge in [0.25, 0.3) is 5.91 Å². The number of anilines is 4. The second-order valence-corrected chi connectivity index (χ2v) is 8.84. The molecule has 1 aliphatic rings. The maximum absolute atomic E-state index is 11.8. The number of carbonyl (C=O) groups is 1. The van der Waals surface area contributed by atoms with E-state index in [0.717, 1.165) is 44.3 Å². The summed E-state index contributed by atoms with van der Waals surface area (Å²) in [5.74, 6) is 1.05. The summed E-state index contributed by atoms with van der Waals surface area (Å²) in [6.45, 7) is 4.94. The average molecular weight is 535 g/mol. The Morgan fingerprint density at radius 3 is 2.76 bits per heavy atom. The first-order chi connectivity index (χ1) is 16.1. The topological polar surface area (TPSA) is 121 Å². The lowest BCUT2D eigenvalue weighted by molar-refractivity contribution is 0.0322. The molecule has 10 nitrogen and oxygen atoms in total. The van der Waals surface area contributed by atoms with E-state index in [9.17, 15) is 4.79 Å². The van der Waals surface area contributed by atoms with Crippen LogP contribution in [0.3, 0.4) is 0 Å². The molecular formula is C21H23BrN6O4S. The van der Waals surface area contributed by atoms with E-state index in [0.29, 0.717) is 33.4 Å². The van der Waals surface area contributed by atoms with E-state index in [2.05, 4.69) is 41.4 Å². The van der Waals surface area contributed by atoms with Crippen LogP contribution in [0.25, 0.3) is 0 Å². The van der Waals surface area contributed by atoms with Gasteiger partial charge in [-0.25, -0.2) is 10.5 Å². The number of nitrogens with zero attached hydrogens (tertiary/aromatic N) is 3. The van der Waals surface area contributed by atoms with Gasteiger partial charge in [-0.2, -0.15) is 4.98 Å². The third-order valence-electron chi connectivity index (χ3n) is 4.88. The first-order valence-corrected chi connectivity index (χ1v) is 11.9. The number of carbonyl (C=O) groups excluding carboxylic acids is 1. The minimum atomic E-state index is -0.602. The van der Waals surface area contributed by atoms with Crippen LogP contribution in [0.4, 0.5) is 22.5 Å². The Balaban J connectivity index is 1.35. The molecule has 1 fully saturated rings. The van der Waals surface area contributed by atoms with Gasteiger partial charge in [0.1, 0.15) is 17.4 Å². The monoisotopic (exact) mass is 534 g/mol. The number of ether oxygens (including phenoxy) is 2. The summed E-state index contributed by atoms with van der Waals surface area (Å²) in [5, 5.41) is 17.4. The van der Waals surface area contributed by atoms with Gasteiger partial charge in [-0.05, 0) is 51.6 Å². The number of hydrogen-bond donors (Lipinski definition) is 4. The maximum Gasteiger partial charge on any atom is 0.277 e. The fraction of sp³-hybridized carbons (Fsp3) is 0.286. The van der Waals surface area contributed by atoms with Crippen molar-refractivity contribution in [3.63, 3.8) is 0 Å². The molecule has 0 aliphatic carbocycles. The molecular weight excluding hydrogens is 512 g/mol. The van der Waals surface area contributed by atoms with E-state index >= 15 is 0 Å². The molecule has 1 saturated heterocycles. The highest BCUT2D eigenvalue weighted by Crippen LogP contribution is 2.30. The molecule has 3 heterocycles. The predicted molar refractivity (Wildman–Crippen MR) is 129 cm³/mol. The van der Waals surface area contributed by atoms with Crippen LogP contribution in [0.1, 0.15) is 10.4 Å². The van der Waals surface area contributed by atoms with Crippen LogP contribution in [0, 0.1) is 0 Å². The molecule has 12 heteroatoms. The number of rotatable bonds is 9. The van der Waals surface area contributed by atoms with Crippen molar-refractivity contribution in [2.24, 2.45) is 0 Å². The molecule has 4 rings (SSSR count). The zero-order chi connectivity index (χ0) is 23.0. The molecule has 174 valence electrons. The molecule has 1 amide bonds. The average Bonchev–Trinajstić information content (AvgIpc) is 3.31. The Bertz CT molecular complexity index is 1070. The van der Waals surface area contributed by atoms with E-state index in [1.807, 2.05) is 24.3 Å². The van der Waals surface area contributed by atoms with Crippen LogP contribution in [0.5, 0.6) is 5.75 Å². The van der Waals surface area contributed by atoms with Crippen molar-refractivity contribution in [2.45, 2.75) is 0 Å². The molecule has 0 unspecified atom stereocenters. The Kier molecular flexibility index (Phi) is 8.07. The third kappa shape index (κ3) is 6.39. The van der Waals surface area contributed by atoms with Crippen LogP contribution >= 0.6 is 27.3 Å². The quantitative estimate of drug-likeness (QED) is 0.241. The lowest BCUT2D eigenvalue weighted by Gasteiger charge is -2.26. The number of nitrogens with one attached hydrogen (secondary N) is 3. The van der Waals surface area contributed by atoms with Crippen LogP contribution in [-0.4, -0.2) is 65.4 Å². The number of benzene rings is 1. The minimum Gasteiger partial charge on any atom is -0.492 e. The van der Waals surface area contributed by atoms with Crippen molar-refractivity contribution in [1.82, 2.24) is 20.3 Å². The Morgan fingerprint density at radius 1 is 1.21 bits per heavy atom. The third-order valence-corrected chi connectivity index (χ3v) is 6.29. The molecule has 0 atom stereocenters. The highest BCUT2D eigenvalue weighted by atomic mass is 79.9. The Morgan fingerprint density at radius 2 is 2.00 bits per heavy atom. The highest BCUT2D eigenvalue weighted by molar-refractivity contribution is 9.10. The predicted octanol–water partition coefficient (Wildman–Crippen LogP) is 3.62. The van der Waals surface area contributed by atoms with Crippen LogP contribution in [0.15, 0.2) is 46.4 Å².